The number of pyridine rings is 1. The molecular weight excluding hydrogens is 212 g/mol. The molecule has 0 bridgehead atoms. The van der Waals surface area contributed by atoms with E-state index in [0.29, 0.717) is 0 Å². The highest BCUT2D eigenvalue weighted by atomic mass is 16.3. The van der Waals surface area contributed by atoms with Crippen molar-refractivity contribution >= 4 is 0 Å². The summed E-state index contributed by atoms with van der Waals surface area (Å²) < 4.78 is 5.47. The van der Waals surface area contributed by atoms with Gasteiger partial charge in [0.2, 0.25) is 0 Å². The molecule has 2 heterocycles. The predicted molar refractivity (Wildman–Crippen MR) is 67.8 cm³/mol. The number of nitrogens with one attached hydrogen (secondary N) is 1. The Hall–Kier alpha value is -1.61. The minimum absolute atomic E-state index is 0.198. The third-order valence-electron chi connectivity index (χ3n) is 2.85. The lowest BCUT2D eigenvalue weighted by Crippen LogP contribution is -2.23. The molecular formula is C14H18N2O. The topological polar surface area (TPSA) is 38.1 Å². The molecule has 2 aromatic rings. The number of aromatic nitrogens is 1. The average Bonchev–Trinajstić information content (AvgIpc) is 2.85. The number of hydrogen-bond donors (Lipinski definition) is 1. The summed E-state index contributed by atoms with van der Waals surface area (Å²) in [4.78, 5) is 4.43. The molecule has 1 N–H and O–H groups in total. The van der Waals surface area contributed by atoms with Gasteiger partial charge >= 0.3 is 0 Å². The molecule has 17 heavy (non-hydrogen) atoms. The maximum absolute atomic E-state index is 5.47. The molecule has 0 fully saturated rings. The Morgan fingerprint density at radius 2 is 2.24 bits per heavy atom. The van der Waals surface area contributed by atoms with Crippen LogP contribution in [-0.4, -0.2) is 11.5 Å². The molecule has 0 saturated carbocycles. The van der Waals surface area contributed by atoms with Crippen LogP contribution in [0, 0.1) is 6.92 Å². The molecule has 0 spiro atoms. The number of hydrogen-bond acceptors (Lipinski definition) is 3. The number of rotatable bonds is 5. The van der Waals surface area contributed by atoms with Crippen LogP contribution in [0.4, 0.5) is 0 Å². The minimum Gasteiger partial charge on any atom is -0.468 e. The van der Waals surface area contributed by atoms with Gasteiger partial charge in [0.05, 0.1) is 12.3 Å². The zero-order valence-corrected chi connectivity index (χ0v) is 10.3. The van der Waals surface area contributed by atoms with Crippen LogP contribution < -0.4 is 5.32 Å². The fourth-order valence-electron chi connectivity index (χ4n) is 1.93. The van der Waals surface area contributed by atoms with Crippen LogP contribution in [0.2, 0.25) is 0 Å². The van der Waals surface area contributed by atoms with E-state index in [1.165, 1.54) is 5.56 Å². The first kappa shape index (κ1) is 11.9. The van der Waals surface area contributed by atoms with Gasteiger partial charge in [0.25, 0.3) is 0 Å². The minimum atomic E-state index is 0.198. The fourth-order valence-corrected chi connectivity index (χ4v) is 1.93. The summed E-state index contributed by atoms with van der Waals surface area (Å²) in [6, 6.07) is 8.18. The van der Waals surface area contributed by atoms with Crippen LogP contribution in [0.1, 0.15) is 30.0 Å². The Kier molecular flexibility index (Phi) is 3.94. The third-order valence-corrected chi connectivity index (χ3v) is 2.85. The average molecular weight is 230 g/mol. The van der Waals surface area contributed by atoms with Crippen LogP contribution in [0.15, 0.2) is 41.1 Å². The van der Waals surface area contributed by atoms with Crippen LogP contribution in [0.5, 0.6) is 0 Å². The van der Waals surface area contributed by atoms with Gasteiger partial charge < -0.3 is 9.73 Å². The van der Waals surface area contributed by atoms with Crippen molar-refractivity contribution in [3.05, 3.63) is 53.7 Å². The number of aryl methyl sites for hydroxylation is 1. The Morgan fingerprint density at radius 1 is 1.35 bits per heavy atom. The lowest BCUT2D eigenvalue weighted by Gasteiger charge is -2.16. The molecule has 0 aliphatic carbocycles. The van der Waals surface area contributed by atoms with E-state index in [0.717, 1.165) is 24.4 Å². The number of furan rings is 1. The third kappa shape index (κ3) is 2.94. The lowest BCUT2D eigenvalue weighted by atomic mass is 10.1. The van der Waals surface area contributed by atoms with Crippen LogP contribution in [0.25, 0.3) is 0 Å². The first-order chi connectivity index (χ1) is 8.31. The first-order valence-electron chi connectivity index (χ1n) is 5.98. The molecule has 2 aromatic heterocycles. The molecule has 1 unspecified atom stereocenters. The Balaban J connectivity index is 2.16. The van der Waals surface area contributed by atoms with E-state index in [1.54, 1.807) is 6.26 Å². The Bertz CT molecular complexity index is 451. The molecule has 0 amide bonds. The molecule has 0 aliphatic rings. The largest absolute Gasteiger partial charge is 0.468 e. The van der Waals surface area contributed by atoms with E-state index in [2.05, 4.69) is 30.2 Å². The molecule has 0 radical (unpaired) electrons. The second kappa shape index (κ2) is 5.64. The second-order valence-electron chi connectivity index (χ2n) is 4.10. The maximum Gasteiger partial charge on any atom is 0.121 e. The van der Waals surface area contributed by atoms with Crippen LogP contribution in [0.3, 0.4) is 0 Å². The van der Waals surface area contributed by atoms with E-state index in [9.17, 15) is 0 Å². The molecule has 90 valence electrons. The highest BCUT2D eigenvalue weighted by molar-refractivity contribution is 5.20. The molecule has 3 heteroatoms. The molecule has 3 nitrogen and oxygen atoms in total. The van der Waals surface area contributed by atoms with Crippen molar-refractivity contribution in [3.8, 4) is 0 Å². The first-order valence-corrected chi connectivity index (χ1v) is 5.98. The summed E-state index contributed by atoms with van der Waals surface area (Å²) in [5.74, 6) is 0.969. The van der Waals surface area contributed by atoms with Gasteiger partial charge in [-0.1, -0.05) is 13.0 Å². The fraction of sp³-hybridized carbons (Fsp3) is 0.357. The van der Waals surface area contributed by atoms with Gasteiger partial charge in [-0.05, 0) is 37.2 Å². The summed E-state index contributed by atoms with van der Waals surface area (Å²) in [5.41, 5.74) is 2.34. The second-order valence-corrected chi connectivity index (χ2v) is 4.10. The summed E-state index contributed by atoms with van der Waals surface area (Å²) >= 11 is 0. The van der Waals surface area contributed by atoms with Crippen molar-refractivity contribution in [2.24, 2.45) is 0 Å². The highest BCUT2D eigenvalue weighted by Crippen LogP contribution is 2.19. The van der Waals surface area contributed by atoms with Gasteiger partial charge in [-0.2, -0.15) is 0 Å². The Labute approximate surface area is 102 Å². The summed E-state index contributed by atoms with van der Waals surface area (Å²) in [5, 5.41) is 3.43. The van der Waals surface area contributed by atoms with Crippen molar-refractivity contribution in [2.45, 2.75) is 26.3 Å². The van der Waals surface area contributed by atoms with Crippen molar-refractivity contribution in [3.63, 3.8) is 0 Å². The van der Waals surface area contributed by atoms with E-state index in [-0.39, 0.29) is 6.04 Å². The van der Waals surface area contributed by atoms with Crippen molar-refractivity contribution in [2.75, 3.05) is 6.54 Å². The molecule has 0 aromatic carbocycles. The zero-order chi connectivity index (χ0) is 12.1. The van der Waals surface area contributed by atoms with E-state index in [4.69, 9.17) is 4.42 Å². The van der Waals surface area contributed by atoms with E-state index in [1.807, 2.05) is 24.4 Å². The van der Waals surface area contributed by atoms with Gasteiger partial charge in [-0.3, -0.25) is 4.98 Å². The lowest BCUT2D eigenvalue weighted by molar-refractivity contribution is 0.414. The summed E-state index contributed by atoms with van der Waals surface area (Å²) in [7, 11) is 0. The SMILES string of the molecule is CCNC(Cc1ncccc1C)c1ccco1. The summed E-state index contributed by atoms with van der Waals surface area (Å²) in [6.45, 7) is 5.10. The van der Waals surface area contributed by atoms with Crippen molar-refractivity contribution in [1.82, 2.24) is 10.3 Å². The molecule has 0 saturated heterocycles. The summed E-state index contributed by atoms with van der Waals surface area (Å²) in [6.07, 6.45) is 4.41. The zero-order valence-electron chi connectivity index (χ0n) is 10.3. The van der Waals surface area contributed by atoms with Crippen molar-refractivity contribution in [1.29, 1.82) is 0 Å². The standard InChI is InChI=1S/C14H18N2O/c1-3-15-13(14-7-5-9-17-14)10-12-11(2)6-4-8-16-12/h4-9,13,15H,3,10H2,1-2H3. The van der Waals surface area contributed by atoms with Crippen LogP contribution >= 0.6 is 0 Å². The number of likely N-dealkylation sites (N-methyl/N-ethyl adjacent to an activating group) is 1. The number of nitrogens with zero attached hydrogens (tertiary/aromatic N) is 1. The maximum atomic E-state index is 5.47. The Morgan fingerprint density at radius 3 is 2.88 bits per heavy atom. The normalized spacial score (nSPS) is 12.6. The highest BCUT2D eigenvalue weighted by Gasteiger charge is 2.15. The van der Waals surface area contributed by atoms with Gasteiger partial charge in [-0.25, -0.2) is 0 Å². The quantitative estimate of drug-likeness (QED) is 0.858. The van der Waals surface area contributed by atoms with Crippen molar-refractivity contribution < 1.29 is 4.42 Å². The molecule has 2 rings (SSSR count). The molecule has 1 atom stereocenters. The van der Waals surface area contributed by atoms with Gasteiger partial charge in [0.15, 0.2) is 0 Å². The van der Waals surface area contributed by atoms with Gasteiger partial charge in [0.1, 0.15) is 5.76 Å². The van der Waals surface area contributed by atoms with E-state index < -0.39 is 0 Å². The smallest absolute Gasteiger partial charge is 0.121 e. The monoisotopic (exact) mass is 230 g/mol. The van der Waals surface area contributed by atoms with Gasteiger partial charge in [-0.15, -0.1) is 0 Å². The van der Waals surface area contributed by atoms with Crippen LogP contribution in [-0.2, 0) is 6.42 Å². The van der Waals surface area contributed by atoms with E-state index >= 15 is 0 Å². The molecule has 0 aliphatic heterocycles. The van der Waals surface area contributed by atoms with Gasteiger partial charge in [0, 0.05) is 18.3 Å². The predicted octanol–water partition coefficient (Wildman–Crippen LogP) is 2.88.